The Balaban J connectivity index is 0.00000272. The first kappa shape index (κ1) is 24.5. The molecule has 2 amide bonds. The van der Waals surface area contributed by atoms with Crippen molar-refractivity contribution in [2.45, 2.75) is 44.9 Å². The summed E-state index contributed by atoms with van der Waals surface area (Å²) in [6, 6.07) is 0. The third kappa shape index (κ3) is 4.94. The van der Waals surface area contributed by atoms with Gasteiger partial charge in [0.25, 0.3) is 0 Å². The minimum Gasteiger partial charge on any atom is -0.385 e. The van der Waals surface area contributed by atoms with Crippen LogP contribution in [0.4, 0.5) is 0 Å². The van der Waals surface area contributed by atoms with E-state index in [1.165, 1.54) is 30.6 Å². The van der Waals surface area contributed by atoms with Crippen molar-refractivity contribution in [2.75, 3.05) is 40.4 Å². The molecule has 1 saturated heterocycles. The fourth-order valence-electron chi connectivity index (χ4n) is 6.08. The largest absolute Gasteiger partial charge is 0.385 e. The summed E-state index contributed by atoms with van der Waals surface area (Å²) < 4.78 is 5.31. The summed E-state index contributed by atoms with van der Waals surface area (Å²) in [6.07, 6.45) is 12.1. The van der Waals surface area contributed by atoms with E-state index in [0.29, 0.717) is 18.5 Å². The highest BCUT2D eigenvalue weighted by atomic mass is 127. The number of guanidine groups is 1. The molecule has 0 spiro atoms. The summed E-state index contributed by atoms with van der Waals surface area (Å²) in [6.45, 7) is 2.87. The van der Waals surface area contributed by atoms with Gasteiger partial charge in [-0.2, -0.15) is 0 Å². The Kier molecular flexibility index (Phi) is 8.40. The topological polar surface area (TPSA) is 83.0 Å². The first-order chi connectivity index (χ1) is 14.6. The summed E-state index contributed by atoms with van der Waals surface area (Å²) in [4.78, 5) is 31.3. The molecule has 0 aromatic carbocycles. The number of amides is 2. The maximum Gasteiger partial charge on any atom is 0.233 e. The van der Waals surface area contributed by atoms with E-state index < -0.39 is 0 Å². The minimum absolute atomic E-state index is 0. The average molecular weight is 544 g/mol. The fraction of sp³-hybridized carbons (Fsp3) is 0.783. The van der Waals surface area contributed by atoms with Gasteiger partial charge < -0.3 is 15.4 Å². The molecule has 1 aliphatic heterocycles. The van der Waals surface area contributed by atoms with E-state index >= 15 is 0 Å². The summed E-state index contributed by atoms with van der Waals surface area (Å²) >= 11 is 0. The highest BCUT2D eigenvalue weighted by Gasteiger charge is 2.58. The second-order valence-corrected chi connectivity index (χ2v) is 9.48. The van der Waals surface area contributed by atoms with Gasteiger partial charge in [0.2, 0.25) is 11.8 Å². The number of methoxy groups -OCH3 is 1. The lowest BCUT2D eigenvalue weighted by molar-refractivity contribution is -0.140. The summed E-state index contributed by atoms with van der Waals surface area (Å²) in [5.74, 6) is 1.26. The Morgan fingerprint density at radius 1 is 1.16 bits per heavy atom. The number of rotatable bonds is 9. The molecule has 3 fully saturated rings. The molecule has 31 heavy (non-hydrogen) atoms. The molecular formula is C23H37IN4O3. The quantitative estimate of drug-likeness (QED) is 0.117. The van der Waals surface area contributed by atoms with Gasteiger partial charge in [0, 0.05) is 40.4 Å². The monoisotopic (exact) mass is 544 g/mol. The van der Waals surface area contributed by atoms with Crippen molar-refractivity contribution in [2.24, 2.45) is 34.1 Å². The van der Waals surface area contributed by atoms with Crippen LogP contribution in [0.1, 0.15) is 44.9 Å². The van der Waals surface area contributed by atoms with Crippen molar-refractivity contribution in [1.82, 2.24) is 15.5 Å². The Labute approximate surface area is 202 Å². The predicted octanol–water partition coefficient (Wildman–Crippen LogP) is 2.56. The first-order valence-electron chi connectivity index (χ1n) is 11.6. The van der Waals surface area contributed by atoms with Crippen molar-refractivity contribution in [3.63, 3.8) is 0 Å². The maximum atomic E-state index is 12.7. The minimum atomic E-state index is -0.0930. The summed E-state index contributed by atoms with van der Waals surface area (Å²) in [7, 11) is 3.55. The van der Waals surface area contributed by atoms with E-state index in [4.69, 9.17) is 4.74 Å². The van der Waals surface area contributed by atoms with Crippen LogP contribution in [-0.4, -0.2) is 63.1 Å². The number of fused-ring (bicyclic) bond motifs is 5. The molecule has 0 aromatic heterocycles. The van der Waals surface area contributed by atoms with E-state index in [1.807, 2.05) is 0 Å². The van der Waals surface area contributed by atoms with Gasteiger partial charge in [0.15, 0.2) is 5.96 Å². The van der Waals surface area contributed by atoms with E-state index in [0.717, 1.165) is 38.4 Å². The standard InChI is InChI=1S/C23H36N4O3.HI/c1-24-22(26-15-23(10-13-30-2)8-3-4-9-23)25-11-5-12-27-20(28)18-16-6-7-17(14-16)19(18)21(27)29;/h6-7,16-19H,3-5,8-15H2,1-2H3,(H2,24,25,26);1H. The molecule has 8 heteroatoms. The molecule has 0 aromatic rings. The number of ether oxygens (including phenoxy) is 1. The van der Waals surface area contributed by atoms with Crippen LogP contribution in [0, 0.1) is 29.1 Å². The number of carbonyl (C=O) groups excluding carboxylic acids is 2. The van der Waals surface area contributed by atoms with Gasteiger partial charge >= 0.3 is 0 Å². The molecule has 3 aliphatic carbocycles. The molecule has 4 unspecified atom stereocenters. The molecule has 7 nitrogen and oxygen atoms in total. The number of imide groups is 1. The number of hydrogen-bond donors (Lipinski definition) is 2. The Morgan fingerprint density at radius 3 is 2.39 bits per heavy atom. The SMILES string of the molecule is CN=C(NCCCN1C(=O)C2C3C=CC(C3)C2C1=O)NCC1(CCOC)CCCC1.I. The molecular weight excluding hydrogens is 507 g/mol. The normalized spacial score (nSPS) is 30.6. The number of nitrogens with zero attached hydrogens (tertiary/aromatic N) is 2. The third-order valence-corrected chi connectivity index (χ3v) is 7.77. The van der Waals surface area contributed by atoms with Gasteiger partial charge in [0.05, 0.1) is 11.8 Å². The molecule has 174 valence electrons. The van der Waals surface area contributed by atoms with Crippen molar-refractivity contribution >= 4 is 41.8 Å². The highest BCUT2D eigenvalue weighted by Crippen LogP contribution is 2.52. The second kappa shape index (κ2) is 10.6. The molecule has 4 aliphatic rings. The first-order valence-corrected chi connectivity index (χ1v) is 11.6. The fourth-order valence-corrected chi connectivity index (χ4v) is 6.08. The van der Waals surface area contributed by atoms with E-state index in [9.17, 15) is 9.59 Å². The van der Waals surface area contributed by atoms with Gasteiger partial charge in [-0.15, -0.1) is 24.0 Å². The number of likely N-dealkylation sites (tertiary alicyclic amines) is 1. The van der Waals surface area contributed by atoms with Crippen LogP contribution in [0.25, 0.3) is 0 Å². The molecule has 2 bridgehead atoms. The van der Waals surface area contributed by atoms with Gasteiger partial charge in [-0.25, -0.2) is 0 Å². The molecule has 4 atom stereocenters. The number of hydrogen-bond acceptors (Lipinski definition) is 4. The smallest absolute Gasteiger partial charge is 0.233 e. The van der Waals surface area contributed by atoms with Crippen molar-refractivity contribution in [1.29, 1.82) is 0 Å². The number of aliphatic imine (C=N–C) groups is 1. The van der Waals surface area contributed by atoms with Gasteiger partial charge in [-0.3, -0.25) is 19.5 Å². The van der Waals surface area contributed by atoms with Crippen LogP contribution in [0.15, 0.2) is 17.1 Å². The van der Waals surface area contributed by atoms with Gasteiger partial charge in [-0.05, 0) is 49.4 Å². The Bertz CT molecular complexity index is 690. The van der Waals surface area contributed by atoms with Crippen molar-refractivity contribution in [3.8, 4) is 0 Å². The lowest BCUT2D eigenvalue weighted by Gasteiger charge is -2.30. The summed E-state index contributed by atoms with van der Waals surface area (Å²) in [5, 5.41) is 6.83. The van der Waals surface area contributed by atoms with Crippen LogP contribution in [-0.2, 0) is 14.3 Å². The third-order valence-electron chi connectivity index (χ3n) is 7.77. The van der Waals surface area contributed by atoms with Crippen LogP contribution in [0.2, 0.25) is 0 Å². The van der Waals surface area contributed by atoms with Crippen molar-refractivity contribution < 1.29 is 14.3 Å². The highest BCUT2D eigenvalue weighted by molar-refractivity contribution is 14.0. The zero-order valence-corrected chi connectivity index (χ0v) is 21.1. The lowest BCUT2D eigenvalue weighted by atomic mass is 9.83. The van der Waals surface area contributed by atoms with Gasteiger partial charge in [0.1, 0.15) is 0 Å². The van der Waals surface area contributed by atoms with Gasteiger partial charge in [-0.1, -0.05) is 25.0 Å². The maximum absolute atomic E-state index is 12.7. The molecule has 1 heterocycles. The van der Waals surface area contributed by atoms with Crippen LogP contribution >= 0.6 is 24.0 Å². The summed E-state index contributed by atoms with van der Waals surface area (Å²) in [5.41, 5.74) is 0.299. The lowest BCUT2D eigenvalue weighted by Crippen LogP contribution is -2.44. The number of halogens is 1. The zero-order chi connectivity index (χ0) is 21.1. The van der Waals surface area contributed by atoms with E-state index in [2.05, 4.69) is 27.8 Å². The number of allylic oxidation sites excluding steroid dienone is 2. The second-order valence-electron chi connectivity index (χ2n) is 9.48. The number of nitrogens with one attached hydrogen (secondary N) is 2. The molecule has 2 N–H and O–H groups in total. The van der Waals surface area contributed by atoms with Crippen LogP contribution in [0.5, 0.6) is 0 Å². The molecule has 4 rings (SSSR count). The van der Waals surface area contributed by atoms with E-state index in [-0.39, 0.29) is 59.5 Å². The average Bonchev–Trinajstić information content (AvgIpc) is 3.53. The van der Waals surface area contributed by atoms with Crippen LogP contribution in [0.3, 0.4) is 0 Å². The zero-order valence-electron chi connectivity index (χ0n) is 18.8. The molecule has 2 saturated carbocycles. The Morgan fingerprint density at radius 2 is 1.81 bits per heavy atom. The van der Waals surface area contributed by atoms with E-state index in [1.54, 1.807) is 14.2 Å². The predicted molar refractivity (Wildman–Crippen MR) is 131 cm³/mol. The number of carbonyl (C=O) groups is 2. The van der Waals surface area contributed by atoms with Crippen molar-refractivity contribution in [3.05, 3.63) is 12.2 Å². The molecule has 0 radical (unpaired) electrons. The van der Waals surface area contributed by atoms with Crippen LogP contribution < -0.4 is 10.6 Å². The Hall–Kier alpha value is -1.16.